The number of carboxylic acids is 1. The van der Waals surface area contributed by atoms with Crippen LogP contribution in [0.4, 0.5) is 4.39 Å². The van der Waals surface area contributed by atoms with Crippen molar-refractivity contribution in [2.24, 2.45) is 0 Å². The quantitative estimate of drug-likeness (QED) is 0.604. The average molecular weight is 404 g/mol. The average Bonchev–Trinajstić information content (AvgIpc) is 3.09. The lowest BCUT2D eigenvalue weighted by Gasteiger charge is -2.11. The number of halogens is 2. The molecule has 0 aliphatic heterocycles. The molecule has 7 heteroatoms. The number of thiazole rings is 1. The zero-order valence-corrected chi connectivity index (χ0v) is 15.6. The molecule has 1 N–H and O–H groups in total. The maximum atomic E-state index is 13.3. The smallest absolute Gasteiger partial charge is 0.311 e. The second-order valence-electron chi connectivity index (χ2n) is 6.02. The predicted molar refractivity (Wildman–Crippen MR) is 103 cm³/mol. The summed E-state index contributed by atoms with van der Waals surface area (Å²) in [6, 6.07) is 12.5. The Labute approximate surface area is 164 Å². The highest BCUT2D eigenvalue weighted by molar-refractivity contribution is 7.13. The van der Waals surface area contributed by atoms with Crippen LogP contribution in [0.25, 0.3) is 10.6 Å². The molecule has 3 aromatic rings. The monoisotopic (exact) mass is 403 g/mol. The summed E-state index contributed by atoms with van der Waals surface area (Å²) in [6.07, 6.45) is -0.104. The Bertz CT molecular complexity index is 971. The van der Waals surface area contributed by atoms with Crippen molar-refractivity contribution in [2.75, 3.05) is 0 Å². The van der Waals surface area contributed by atoms with Gasteiger partial charge < -0.3 is 5.11 Å². The Morgan fingerprint density at radius 1 is 1.19 bits per heavy atom. The number of carbonyl (C=O) groups excluding carboxylic acids is 1. The van der Waals surface area contributed by atoms with Gasteiger partial charge in [0.1, 0.15) is 16.6 Å². The number of hydrogen-bond donors (Lipinski definition) is 1. The Hall–Kier alpha value is -2.57. The number of carboxylic acid groups (broad SMARTS) is 1. The highest BCUT2D eigenvalue weighted by Gasteiger charge is 2.23. The third-order valence-electron chi connectivity index (χ3n) is 4.00. The fraction of sp³-hybridized carbons (Fsp3) is 0.150. The molecule has 138 valence electrons. The molecule has 1 atom stereocenters. The van der Waals surface area contributed by atoms with Crippen LogP contribution in [0.2, 0.25) is 5.02 Å². The molecule has 4 nitrogen and oxygen atoms in total. The molecule has 0 bridgehead atoms. The van der Waals surface area contributed by atoms with Crippen LogP contribution in [0.1, 0.15) is 23.6 Å². The summed E-state index contributed by atoms with van der Waals surface area (Å²) in [5.41, 5.74) is 1.71. The fourth-order valence-electron chi connectivity index (χ4n) is 2.69. The van der Waals surface area contributed by atoms with Crippen molar-refractivity contribution in [3.63, 3.8) is 0 Å². The molecular formula is C20H15ClFNO3S. The third kappa shape index (κ3) is 4.99. The molecule has 0 saturated carbocycles. The van der Waals surface area contributed by atoms with Crippen LogP contribution >= 0.6 is 22.9 Å². The second kappa shape index (κ2) is 8.41. The predicted octanol–water partition coefficient (Wildman–Crippen LogP) is 4.97. The molecule has 27 heavy (non-hydrogen) atoms. The van der Waals surface area contributed by atoms with Gasteiger partial charge in [0.15, 0.2) is 0 Å². The van der Waals surface area contributed by atoms with Crippen molar-refractivity contribution in [2.45, 2.75) is 18.8 Å². The second-order valence-corrected chi connectivity index (χ2v) is 7.31. The van der Waals surface area contributed by atoms with Gasteiger partial charge in [-0.3, -0.25) is 9.59 Å². The summed E-state index contributed by atoms with van der Waals surface area (Å²) >= 11 is 7.14. The molecule has 0 saturated heterocycles. The van der Waals surface area contributed by atoms with E-state index in [1.807, 2.05) is 0 Å². The number of carbonyl (C=O) groups is 2. The number of ketones is 1. The van der Waals surface area contributed by atoms with Gasteiger partial charge in [-0.15, -0.1) is 11.3 Å². The molecule has 1 unspecified atom stereocenters. The van der Waals surface area contributed by atoms with Crippen LogP contribution in [0.5, 0.6) is 0 Å². The van der Waals surface area contributed by atoms with E-state index in [0.717, 1.165) is 0 Å². The Morgan fingerprint density at radius 3 is 2.59 bits per heavy atom. The van der Waals surface area contributed by atoms with Crippen LogP contribution in [0.15, 0.2) is 53.9 Å². The van der Waals surface area contributed by atoms with E-state index in [1.165, 1.54) is 23.5 Å². The van der Waals surface area contributed by atoms with Crippen molar-refractivity contribution in [3.8, 4) is 10.6 Å². The first-order chi connectivity index (χ1) is 12.9. The van der Waals surface area contributed by atoms with Gasteiger partial charge in [0.2, 0.25) is 0 Å². The van der Waals surface area contributed by atoms with E-state index in [-0.39, 0.29) is 24.4 Å². The van der Waals surface area contributed by atoms with Gasteiger partial charge in [-0.05, 0) is 29.8 Å². The SMILES string of the molecule is O=C(Cc1csc(-c2cccc(F)c2)n1)CC(C(=O)O)c1ccc(Cl)cc1. The van der Waals surface area contributed by atoms with Crippen LogP contribution in [-0.4, -0.2) is 21.8 Å². The van der Waals surface area contributed by atoms with Gasteiger partial charge in [0, 0.05) is 28.8 Å². The summed E-state index contributed by atoms with van der Waals surface area (Å²) in [6.45, 7) is 0. The van der Waals surface area contributed by atoms with Crippen molar-refractivity contribution in [3.05, 3.63) is 76.0 Å². The molecule has 0 radical (unpaired) electrons. The first-order valence-corrected chi connectivity index (χ1v) is 9.38. The van der Waals surface area contributed by atoms with Gasteiger partial charge in [0.25, 0.3) is 0 Å². The van der Waals surface area contributed by atoms with Crippen molar-refractivity contribution in [1.29, 1.82) is 0 Å². The number of Topliss-reactive ketones (excluding diaryl/α,β-unsaturated/α-hetero) is 1. The molecular weight excluding hydrogens is 389 g/mol. The highest BCUT2D eigenvalue weighted by atomic mass is 35.5. The van der Waals surface area contributed by atoms with Gasteiger partial charge in [-0.1, -0.05) is 35.9 Å². The molecule has 0 aliphatic carbocycles. The van der Waals surface area contributed by atoms with Gasteiger partial charge >= 0.3 is 5.97 Å². The normalized spacial score (nSPS) is 11.9. The molecule has 2 aromatic carbocycles. The van der Waals surface area contributed by atoms with E-state index in [9.17, 15) is 19.1 Å². The van der Waals surface area contributed by atoms with E-state index < -0.39 is 11.9 Å². The third-order valence-corrected chi connectivity index (χ3v) is 5.20. The topological polar surface area (TPSA) is 67.3 Å². The van der Waals surface area contributed by atoms with Gasteiger partial charge in [-0.25, -0.2) is 9.37 Å². The summed E-state index contributed by atoms with van der Waals surface area (Å²) in [7, 11) is 0. The lowest BCUT2D eigenvalue weighted by molar-refractivity contribution is -0.140. The Balaban J connectivity index is 1.69. The minimum absolute atomic E-state index is 0.0309. The standard InChI is InChI=1S/C20H15ClFNO3S/c21-14-6-4-12(5-7-14)18(20(25)26)10-17(24)9-16-11-27-19(23-16)13-2-1-3-15(22)8-13/h1-8,11,18H,9-10H2,(H,25,26). The van der Waals surface area contributed by atoms with E-state index in [0.29, 0.717) is 26.9 Å². The number of aliphatic carboxylic acids is 1. The fourth-order valence-corrected chi connectivity index (χ4v) is 3.63. The Morgan fingerprint density at radius 2 is 1.93 bits per heavy atom. The number of benzene rings is 2. The molecule has 3 rings (SSSR count). The lowest BCUT2D eigenvalue weighted by atomic mass is 9.93. The minimum Gasteiger partial charge on any atom is -0.481 e. The lowest BCUT2D eigenvalue weighted by Crippen LogP contribution is -2.17. The zero-order valence-electron chi connectivity index (χ0n) is 14.1. The first-order valence-electron chi connectivity index (χ1n) is 8.12. The van der Waals surface area contributed by atoms with E-state index in [4.69, 9.17) is 11.6 Å². The maximum Gasteiger partial charge on any atom is 0.311 e. The largest absolute Gasteiger partial charge is 0.481 e. The van der Waals surface area contributed by atoms with Gasteiger partial charge in [0.05, 0.1) is 11.6 Å². The number of hydrogen-bond acceptors (Lipinski definition) is 4. The van der Waals surface area contributed by atoms with Crippen LogP contribution in [0.3, 0.4) is 0 Å². The molecule has 0 aliphatic rings. The van der Waals surface area contributed by atoms with E-state index >= 15 is 0 Å². The van der Waals surface area contributed by atoms with Crippen LogP contribution in [0, 0.1) is 5.82 Å². The van der Waals surface area contributed by atoms with E-state index in [2.05, 4.69) is 4.98 Å². The Kier molecular flexibility index (Phi) is 5.98. The number of nitrogens with zero attached hydrogens (tertiary/aromatic N) is 1. The zero-order chi connectivity index (χ0) is 19.4. The molecule has 0 amide bonds. The van der Waals surface area contributed by atoms with Crippen molar-refractivity contribution in [1.82, 2.24) is 4.98 Å². The summed E-state index contributed by atoms with van der Waals surface area (Å²) in [5, 5.41) is 12.3. The summed E-state index contributed by atoms with van der Waals surface area (Å²) < 4.78 is 13.3. The number of rotatable bonds is 7. The molecule has 1 aromatic heterocycles. The highest BCUT2D eigenvalue weighted by Crippen LogP contribution is 2.26. The molecule has 1 heterocycles. The molecule has 0 fully saturated rings. The van der Waals surface area contributed by atoms with Gasteiger partial charge in [-0.2, -0.15) is 0 Å². The van der Waals surface area contributed by atoms with E-state index in [1.54, 1.807) is 41.8 Å². The maximum absolute atomic E-state index is 13.3. The molecule has 0 spiro atoms. The van der Waals surface area contributed by atoms with Crippen molar-refractivity contribution < 1.29 is 19.1 Å². The summed E-state index contributed by atoms with van der Waals surface area (Å²) in [4.78, 5) is 28.3. The first kappa shape index (κ1) is 19.2. The summed E-state index contributed by atoms with van der Waals surface area (Å²) in [5.74, 6) is -2.58. The minimum atomic E-state index is -1.07. The van der Waals surface area contributed by atoms with Crippen LogP contribution < -0.4 is 0 Å². The van der Waals surface area contributed by atoms with Crippen molar-refractivity contribution >= 4 is 34.7 Å². The number of aromatic nitrogens is 1. The van der Waals surface area contributed by atoms with Crippen LogP contribution in [-0.2, 0) is 16.0 Å².